The third-order valence-corrected chi connectivity index (χ3v) is 8.74. The minimum atomic E-state index is -0.768. The molecule has 0 aromatic rings. The molecule has 1 heterocycles. The lowest BCUT2D eigenvalue weighted by Gasteiger charge is -2.58. The smallest absolute Gasteiger partial charge is 0.111 e. The average molecular weight is 452 g/mol. The van der Waals surface area contributed by atoms with Gasteiger partial charge in [-0.3, -0.25) is 0 Å². The Hall–Kier alpha value is -0.520. The van der Waals surface area contributed by atoms with E-state index >= 15 is 0 Å². The van der Waals surface area contributed by atoms with Crippen LogP contribution in [0.4, 0.5) is 0 Å². The summed E-state index contributed by atoms with van der Waals surface area (Å²) in [6, 6.07) is -0.00678. The molecule has 0 radical (unpaired) electrons. The van der Waals surface area contributed by atoms with Crippen molar-refractivity contribution in [3.8, 4) is 0 Å². The Morgan fingerprint density at radius 2 is 1.73 bits per heavy atom. The molecule has 0 aromatic carbocycles. The monoisotopic (exact) mass is 451 g/mol. The number of aliphatic hydroxyl groups is 1. The second-order valence-electron chi connectivity index (χ2n) is 10.9. The molecule has 0 unspecified atom stereocenters. The minimum Gasteiger partial charge on any atom is -0.474 e. The van der Waals surface area contributed by atoms with E-state index < -0.39 is 5.60 Å². The fraction of sp³-hybridized carbons (Fsp3) is 0.870. The molecular formula is C23H37N3O2S2. The number of nitrogens with zero attached hydrogens (tertiary/aromatic N) is 2. The van der Waals surface area contributed by atoms with Crippen LogP contribution in [0.2, 0.25) is 0 Å². The highest BCUT2D eigenvalue weighted by Crippen LogP contribution is 2.57. The summed E-state index contributed by atoms with van der Waals surface area (Å²) < 4.78 is 6.78. The zero-order valence-electron chi connectivity index (χ0n) is 19.0. The van der Waals surface area contributed by atoms with Crippen LogP contribution in [0.15, 0.2) is 9.98 Å². The lowest BCUT2D eigenvalue weighted by molar-refractivity contribution is -0.666. The second kappa shape index (κ2) is 8.44. The van der Waals surface area contributed by atoms with Gasteiger partial charge in [-0.05, 0) is 109 Å². The molecule has 3 aliphatic rings. The summed E-state index contributed by atoms with van der Waals surface area (Å²) in [6.07, 6.45) is 5.55. The molecule has 2 saturated carbocycles. The van der Waals surface area contributed by atoms with Crippen LogP contribution in [0.25, 0.3) is 0 Å². The molecule has 168 valence electrons. The fourth-order valence-electron chi connectivity index (χ4n) is 6.74. The summed E-state index contributed by atoms with van der Waals surface area (Å²) in [7, 11) is 4.12. The third-order valence-electron chi connectivity index (χ3n) is 8.56. The number of ether oxygens (including phenoxy) is 1. The van der Waals surface area contributed by atoms with Gasteiger partial charge in [0.15, 0.2) is 0 Å². The van der Waals surface area contributed by atoms with Crippen molar-refractivity contribution in [2.24, 2.45) is 27.7 Å². The van der Waals surface area contributed by atoms with E-state index in [1.165, 1.54) is 0 Å². The Bertz CT molecular complexity index is 760. The second-order valence-corrected chi connectivity index (χ2v) is 11.2. The molecule has 0 amide bonds. The van der Waals surface area contributed by atoms with Crippen LogP contribution >= 0.6 is 24.4 Å². The SMILES string of the molecule is [CH2-][NH2+][C@@H]1[C@@H]2[C@@H]([C@@]3(C)CC[C@@H](C(C)(C)N=C=S)O3)CC[C@](C)(N=C=S)[C@H]2CC[C@@]1(C)O. The Morgan fingerprint density at radius 3 is 2.33 bits per heavy atom. The van der Waals surface area contributed by atoms with E-state index in [1.807, 2.05) is 12.2 Å². The van der Waals surface area contributed by atoms with Crippen molar-refractivity contribution in [3.05, 3.63) is 7.05 Å². The number of fused-ring (bicyclic) bond motifs is 1. The number of isothiocyanates is 2. The number of quaternary nitrogens is 1. The molecule has 8 atom stereocenters. The van der Waals surface area contributed by atoms with Gasteiger partial charge >= 0.3 is 0 Å². The molecular weight excluding hydrogens is 414 g/mol. The van der Waals surface area contributed by atoms with Crippen molar-refractivity contribution in [2.75, 3.05) is 0 Å². The number of aliphatic imine (C=N–C) groups is 2. The summed E-state index contributed by atoms with van der Waals surface area (Å²) in [6.45, 7) is 10.5. The van der Waals surface area contributed by atoms with E-state index in [1.54, 1.807) is 0 Å². The Labute approximate surface area is 192 Å². The summed E-state index contributed by atoms with van der Waals surface area (Å²) in [4.78, 5) is 9.03. The van der Waals surface area contributed by atoms with Gasteiger partial charge in [0.1, 0.15) is 5.60 Å². The van der Waals surface area contributed by atoms with E-state index in [0.29, 0.717) is 11.8 Å². The van der Waals surface area contributed by atoms with Crippen molar-refractivity contribution < 1.29 is 15.2 Å². The summed E-state index contributed by atoms with van der Waals surface area (Å²) >= 11 is 9.87. The third kappa shape index (κ3) is 4.11. The molecule has 5 nitrogen and oxygen atoms in total. The number of nitrogens with two attached hydrogens (primary N) is 1. The normalized spacial score (nSPS) is 46.4. The molecule has 0 spiro atoms. The quantitative estimate of drug-likeness (QED) is 0.381. The summed E-state index contributed by atoms with van der Waals surface area (Å²) in [5.41, 5.74) is -1.68. The van der Waals surface area contributed by atoms with Gasteiger partial charge in [0.2, 0.25) is 0 Å². The van der Waals surface area contributed by atoms with Crippen molar-refractivity contribution >= 4 is 34.8 Å². The van der Waals surface area contributed by atoms with Crippen molar-refractivity contribution in [1.29, 1.82) is 0 Å². The van der Waals surface area contributed by atoms with Crippen LogP contribution < -0.4 is 5.32 Å². The molecule has 7 heteroatoms. The highest BCUT2D eigenvalue weighted by Gasteiger charge is 2.62. The lowest BCUT2D eigenvalue weighted by Crippen LogP contribution is -2.93. The van der Waals surface area contributed by atoms with Crippen LogP contribution in [0.5, 0.6) is 0 Å². The van der Waals surface area contributed by atoms with Crippen LogP contribution in [-0.2, 0) is 4.74 Å². The molecule has 1 saturated heterocycles. The standard InChI is InChI=1S/C23H37N3O2S2/c1-20(2,25-13-29)17-9-12-23(5,28-17)16-7-10-21(3,26-14-30)15-8-11-22(4,27)19(24-6)18(15)16/h15-19,27H,6-12,24H2,1-5H3/t15-,16-,17-,18-,19+,21-,22+,23+/m0/s1. The van der Waals surface area contributed by atoms with Gasteiger partial charge < -0.3 is 15.2 Å². The Balaban J connectivity index is 1.98. The van der Waals surface area contributed by atoms with Crippen LogP contribution in [-0.4, -0.2) is 49.9 Å². The fourth-order valence-corrected chi connectivity index (χ4v) is 7.18. The van der Waals surface area contributed by atoms with E-state index in [-0.39, 0.29) is 34.7 Å². The van der Waals surface area contributed by atoms with E-state index in [9.17, 15) is 5.11 Å². The number of hydrogen-bond donors (Lipinski definition) is 2. The van der Waals surface area contributed by atoms with Gasteiger partial charge in [0.05, 0.1) is 39.1 Å². The van der Waals surface area contributed by atoms with Gasteiger partial charge in [-0.15, -0.1) is 0 Å². The lowest BCUT2D eigenvalue weighted by atomic mass is 9.51. The topological polar surface area (TPSA) is 70.8 Å². The van der Waals surface area contributed by atoms with E-state index in [0.717, 1.165) is 38.5 Å². The Morgan fingerprint density at radius 1 is 1.07 bits per heavy atom. The van der Waals surface area contributed by atoms with Gasteiger partial charge in [0, 0.05) is 5.92 Å². The minimum absolute atomic E-state index is 0.00678. The van der Waals surface area contributed by atoms with Gasteiger partial charge in [0.25, 0.3) is 0 Å². The largest absolute Gasteiger partial charge is 0.474 e. The van der Waals surface area contributed by atoms with Gasteiger partial charge in [-0.2, -0.15) is 7.05 Å². The zero-order chi connectivity index (χ0) is 22.4. The average Bonchev–Trinajstić information content (AvgIpc) is 3.05. The molecule has 0 bridgehead atoms. The first kappa shape index (κ1) is 24.1. The maximum atomic E-state index is 11.3. The predicted molar refractivity (Wildman–Crippen MR) is 126 cm³/mol. The molecule has 2 aliphatic carbocycles. The predicted octanol–water partition coefficient (Wildman–Crippen LogP) is 3.58. The molecule has 30 heavy (non-hydrogen) atoms. The van der Waals surface area contributed by atoms with Crippen LogP contribution in [0.3, 0.4) is 0 Å². The maximum absolute atomic E-state index is 11.3. The number of hydrogen-bond acceptors (Lipinski definition) is 6. The van der Waals surface area contributed by atoms with Crippen molar-refractivity contribution in [1.82, 2.24) is 0 Å². The number of rotatable bonds is 5. The summed E-state index contributed by atoms with van der Waals surface area (Å²) in [5, 5.41) is 18.4. The van der Waals surface area contributed by atoms with Crippen LogP contribution in [0, 0.1) is 24.8 Å². The molecule has 3 N–H and O–H groups in total. The van der Waals surface area contributed by atoms with Crippen LogP contribution in [0.1, 0.15) is 73.1 Å². The highest BCUT2D eigenvalue weighted by atomic mass is 32.1. The van der Waals surface area contributed by atoms with Gasteiger partial charge in [-0.25, -0.2) is 9.98 Å². The molecule has 0 aromatic heterocycles. The number of thiocarbonyl (C=S) groups is 2. The molecule has 3 rings (SSSR count). The Kier molecular flexibility index (Phi) is 6.79. The first-order valence-electron chi connectivity index (χ1n) is 11.1. The highest BCUT2D eigenvalue weighted by molar-refractivity contribution is 7.78. The van der Waals surface area contributed by atoms with Crippen molar-refractivity contribution in [2.45, 2.75) is 108 Å². The molecule has 3 fully saturated rings. The summed E-state index contributed by atoms with van der Waals surface area (Å²) in [5.74, 6) is 0.863. The first-order valence-corrected chi connectivity index (χ1v) is 12.0. The van der Waals surface area contributed by atoms with E-state index in [4.69, 9.17) is 29.2 Å². The zero-order valence-corrected chi connectivity index (χ0v) is 20.6. The first-order chi connectivity index (χ1) is 13.9. The maximum Gasteiger partial charge on any atom is 0.111 e. The van der Waals surface area contributed by atoms with E-state index in [2.05, 4.69) is 55.0 Å². The van der Waals surface area contributed by atoms with Gasteiger partial charge in [-0.1, -0.05) is 0 Å². The van der Waals surface area contributed by atoms with Crippen molar-refractivity contribution in [3.63, 3.8) is 0 Å². The molecule has 1 aliphatic heterocycles.